The van der Waals surface area contributed by atoms with Crippen LogP contribution in [-0.4, -0.2) is 21.7 Å². The van der Waals surface area contributed by atoms with Crippen LogP contribution >= 0.6 is 11.3 Å². The van der Waals surface area contributed by atoms with Gasteiger partial charge in [0, 0.05) is 17.8 Å². The number of aryl methyl sites for hydroxylation is 1. The van der Waals surface area contributed by atoms with Crippen molar-refractivity contribution >= 4 is 34.5 Å². The Morgan fingerprint density at radius 2 is 2.24 bits per heavy atom. The smallest absolute Gasteiger partial charge is 0.241 e. The number of benzene rings is 1. The molecule has 0 saturated heterocycles. The van der Waals surface area contributed by atoms with E-state index in [0.717, 1.165) is 15.9 Å². The molecule has 21 heavy (non-hydrogen) atoms. The maximum Gasteiger partial charge on any atom is 0.241 e. The monoisotopic (exact) mass is 298 g/mol. The summed E-state index contributed by atoms with van der Waals surface area (Å²) in [5, 5.41) is 5.90. The third-order valence-corrected chi connectivity index (χ3v) is 3.84. The third kappa shape index (κ3) is 3.35. The van der Waals surface area contributed by atoms with E-state index >= 15 is 0 Å². The predicted molar refractivity (Wildman–Crippen MR) is 84.4 cm³/mol. The van der Waals surface area contributed by atoms with E-state index in [1.54, 1.807) is 23.9 Å². The molecular weight excluding hydrogens is 284 g/mol. The highest BCUT2D eigenvalue weighted by molar-refractivity contribution is 7.11. The van der Waals surface area contributed by atoms with Gasteiger partial charge in [-0.1, -0.05) is 18.2 Å². The van der Waals surface area contributed by atoms with Crippen LogP contribution < -0.4 is 5.43 Å². The minimum absolute atomic E-state index is 0.111. The van der Waals surface area contributed by atoms with Gasteiger partial charge in [-0.2, -0.15) is 5.10 Å². The first-order valence-corrected chi connectivity index (χ1v) is 7.46. The normalized spacial score (nSPS) is 11.2. The molecule has 5 nitrogen and oxygen atoms in total. The lowest BCUT2D eigenvalue weighted by Gasteiger charge is -2.03. The Kier molecular flexibility index (Phi) is 4.07. The lowest BCUT2D eigenvalue weighted by Crippen LogP contribution is -2.19. The van der Waals surface area contributed by atoms with Crippen molar-refractivity contribution in [3.63, 3.8) is 0 Å². The number of thiophene rings is 1. The number of aromatic nitrogens is 2. The average molecular weight is 298 g/mol. The Hall–Kier alpha value is -2.47. The molecule has 1 aromatic carbocycles. The molecule has 2 heterocycles. The Morgan fingerprint density at radius 3 is 3.10 bits per heavy atom. The molecule has 0 spiro atoms. The fourth-order valence-corrected chi connectivity index (χ4v) is 2.58. The first-order chi connectivity index (χ1) is 10.3. The van der Waals surface area contributed by atoms with Gasteiger partial charge in [0.25, 0.3) is 0 Å². The molecule has 3 rings (SSSR count). The molecule has 0 aliphatic heterocycles. The highest BCUT2D eigenvalue weighted by Crippen LogP contribution is 2.12. The Balaban J connectivity index is 1.54. The highest BCUT2D eigenvalue weighted by Gasteiger charge is 2.04. The number of nitrogens with zero attached hydrogens (tertiary/aromatic N) is 3. The predicted octanol–water partition coefficient (Wildman–Crippen LogP) is 2.64. The van der Waals surface area contributed by atoms with Gasteiger partial charge in [0.1, 0.15) is 0 Å². The summed E-state index contributed by atoms with van der Waals surface area (Å²) in [5.74, 6) is -0.111. The minimum Gasteiger partial charge on any atom is -0.330 e. The van der Waals surface area contributed by atoms with Gasteiger partial charge in [0.15, 0.2) is 0 Å². The van der Waals surface area contributed by atoms with Crippen LogP contribution in [0, 0.1) is 0 Å². The van der Waals surface area contributed by atoms with E-state index < -0.39 is 0 Å². The van der Waals surface area contributed by atoms with Crippen molar-refractivity contribution in [3.8, 4) is 0 Å². The number of fused-ring (bicyclic) bond motifs is 1. The maximum absolute atomic E-state index is 11.7. The largest absolute Gasteiger partial charge is 0.330 e. The average Bonchev–Trinajstić information content (AvgIpc) is 3.14. The van der Waals surface area contributed by atoms with Crippen molar-refractivity contribution in [2.45, 2.75) is 13.0 Å². The van der Waals surface area contributed by atoms with Crippen LogP contribution in [0.2, 0.25) is 0 Å². The number of rotatable bonds is 5. The number of hydrazone groups is 1. The molecule has 0 saturated carbocycles. The Morgan fingerprint density at radius 1 is 1.33 bits per heavy atom. The maximum atomic E-state index is 11.7. The number of para-hydroxylation sites is 2. The topological polar surface area (TPSA) is 59.3 Å². The van der Waals surface area contributed by atoms with E-state index in [2.05, 4.69) is 15.5 Å². The van der Waals surface area contributed by atoms with Crippen LogP contribution in [0.4, 0.5) is 0 Å². The summed E-state index contributed by atoms with van der Waals surface area (Å²) in [7, 11) is 0. The molecule has 0 atom stereocenters. The SMILES string of the molecule is O=C(CCn1cnc2ccccc21)NN=Cc1cccs1. The zero-order valence-corrected chi connectivity index (χ0v) is 12.1. The lowest BCUT2D eigenvalue weighted by molar-refractivity contribution is -0.121. The molecule has 0 aliphatic carbocycles. The van der Waals surface area contributed by atoms with E-state index in [4.69, 9.17) is 0 Å². The summed E-state index contributed by atoms with van der Waals surface area (Å²) >= 11 is 1.57. The van der Waals surface area contributed by atoms with E-state index in [0.29, 0.717) is 13.0 Å². The summed E-state index contributed by atoms with van der Waals surface area (Å²) in [6.07, 6.45) is 3.77. The molecule has 106 valence electrons. The fraction of sp³-hybridized carbons (Fsp3) is 0.133. The van der Waals surface area contributed by atoms with Crippen molar-refractivity contribution in [2.75, 3.05) is 0 Å². The molecule has 0 radical (unpaired) electrons. The van der Waals surface area contributed by atoms with Crippen LogP contribution in [0.25, 0.3) is 11.0 Å². The number of carbonyl (C=O) groups is 1. The lowest BCUT2D eigenvalue weighted by atomic mass is 10.3. The van der Waals surface area contributed by atoms with Crippen molar-refractivity contribution < 1.29 is 4.79 Å². The van der Waals surface area contributed by atoms with Crippen LogP contribution in [-0.2, 0) is 11.3 Å². The Bertz CT molecular complexity index is 761. The van der Waals surface area contributed by atoms with Gasteiger partial charge >= 0.3 is 0 Å². The van der Waals surface area contributed by atoms with Gasteiger partial charge in [-0.05, 0) is 23.6 Å². The summed E-state index contributed by atoms with van der Waals surface area (Å²) in [5.41, 5.74) is 4.51. The molecule has 2 aromatic heterocycles. The fourth-order valence-electron chi connectivity index (χ4n) is 2.00. The molecule has 0 bridgehead atoms. The number of nitrogens with one attached hydrogen (secondary N) is 1. The zero-order valence-electron chi connectivity index (χ0n) is 11.3. The van der Waals surface area contributed by atoms with Crippen molar-refractivity contribution in [2.24, 2.45) is 5.10 Å². The van der Waals surface area contributed by atoms with Gasteiger partial charge < -0.3 is 4.57 Å². The third-order valence-electron chi connectivity index (χ3n) is 3.03. The van der Waals surface area contributed by atoms with Crippen LogP contribution in [0.5, 0.6) is 0 Å². The first kappa shape index (κ1) is 13.5. The first-order valence-electron chi connectivity index (χ1n) is 6.58. The highest BCUT2D eigenvalue weighted by atomic mass is 32.1. The number of hydrogen-bond acceptors (Lipinski definition) is 4. The molecule has 1 amide bonds. The van der Waals surface area contributed by atoms with Crippen LogP contribution in [0.15, 0.2) is 53.2 Å². The number of imidazole rings is 1. The Labute approximate surface area is 125 Å². The summed E-state index contributed by atoms with van der Waals surface area (Å²) < 4.78 is 1.97. The minimum atomic E-state index is -0.111. The van der Waals surface area contributed by atoms with E-state index in [-0.39, 0.29) is 5.91 Å². The molecular formula is C15H14N4OS. The van der Waals surface area contributed by atoms with Gasteiger partial charge in [0.05, 0.1) is 23.6 Å². The number of hydrogen-bond donors (Lipinski definition) is 1. The van der Waals surface area contributed by atoms with E-state index in [1.165, 1.54) is 0 Å². The number of carbonyl (C=O) groups excluding carboxylic acids is 1. The summed E-state index contributed by atoms with van der Waals surface area (Å²) in [6.45, 7) is 0.584. The molecule has 0 fully saturated rings. The van der Waals surface area contributed by atoms with Gasteiger partial charge in [-0.3, -0.25) is 4.79 Å². The van der Waals surface area contributed by atoms with Gasteiger partial charge in [0.2, 0.25) is 5.91 Å². The quantitative estimate of drug-likeness (QED) is 0.581. The second-order valence-electron chi connectivity index (χ2n) is 4.49. The summed E-state index contributed by atoms with van der Waals surface area (Å²) in [6, 6.07) is 11.7. The molecule has 0 aliphatic rings. The summed E-state index contributed by atoms with van der Waals surface area (Å²) in [4.78, 5) is 17.1. The van der Waals surface area contributed by atoms with Crippen LogP contribution in [0.3, 0.4) is 0 Å². The van der Waals surface area contributed by atoms with E-state index in [9.17, 15) is 4.79 Å². The molecule has 3 aromatic rings. The standard InChI is InChI=1S/C15H14N4OS/c20-15(18-17-10-12-4-3-9-21-12)7-8-19-11-16-13-5-1-2-6-14(13)19/h1-6,9-11H,7-8H2,(H,18,20). The molecule has 1 N–H and O–H groups in total. The van der Waals surface area contributed by atoms with E-state index in [1.807, 2.05) is 46.3 Å². The van der Waals surface area contributed by atoms with Gasteiger partial charge in [-0.15, -0.1) is 11.3 Å². The zero-order chi connectivity index (χ0) is 14.5. The van der Waals surface area contributed by atoms with Gasteiger partial charge in [-0.25, -0.2) is 10.4 Å². The second kappa shape index (κ2) is 6.32. The van der Waals surface area contributed by atoms with Crippen molar-refractivity contribution in [3.05, 3.63) is 53.0 Å². The second-order valence-corrected chi connectivity index (χ2v) is 5.46. The molecule has 6 heteroatoms. The van der Waals surface area contributed by atoms with Crippen molar-refractivity contribution in [1.82, 2.24) is 15.0 Å². The number of amides is 1. The van der Waals surface area contributed by atoms with Crippen molar-refractivity contribution in [1.29, 1.82) is 0 Å². The molecule has 0 unspecified atom stereocenters. The van der Waals surface area contributed by atoms with Crippen LogP contribution in [0.1, 0.15) is 11.3 Å².